The molecule has 1 aromatic carbocycles. The molecule has 0 N–H and O–H groups in total. The van der Waals surface area contributed by atoms with Crippen LogP contribution in [0.3, 0.4) is 0 Å². The van der Waals surface area contributed by atoms with E-state index >= 15 is 0 Å². The lowest BCUT2D eigenvalue weighted by Gasteiger charge is -2.20. The SMILES string of the molecule is CCOC(=O)Cc1cc(C)cc(C(F)(F)F)c1C(F)(F)F. The highest BCUT2D eigenvalue weighted by atomic mass is 19.4. The molecule has 8 heteroatoms. The minimum atomic E-state index is -5.22. The van der Waals surface area contributed by atoms with E-state index in [0.29, 0.717) is 6.07 Å². The van der Waals surface area contributed by atoms with Gasteiger partial charge in [-0.25, -0.2) is 0 Å². The first-order chi connectivity index (χ1) is 9.46. The summed E-state index contributed by atoms with van der Waals surface area (Å²) in [6.45, 7) is 2.60. The summed E-state index contributed by atoms with van der Waals surface area (Å²) in [6.07, 6.45) is -11.3. The molecule has 0 radical (unpaired) electrons. The number of esters is 1. The molecule has 0 amide bonds. The monoisotopic (exact) mass is 314 g/mol. The summed E-state index contributed by atoms with van der Waals surface area (Å²) in [7, 11) is 0. The molecule has 1 aromatic rings. The minimum Gasteiger partial charge on any atom is -0.466 e. The number of hydrogen-bond donors (Lipinski definition) is 0. The van der Waals surface area contributed by atoms with Crippen LogP contribution in [0.2, 0.25) is 0 Å². The van der Waals surface area contributed by atoms with Crippen LogP contribution in [0.4, 0.5) is 26.3 Å². The molecule has 118 valence electrons. The van der Waals surface area contributed by atoms with Crippen LogP contribution < -0.4 is 0 Å². The van der Waals surface area contributed by atoms with E-state index in [1.54, 1.807) is 0 Å². The summed E-state index contributed by atoms with van der Waals surface area (Å²) < 4.78 is 81.8. The van der Waals surface area contributed by atoms with Crippen LogP contribution in [0.25, 0.3) is 0 Å². The number of rotatable bonds is 3. The average molecular weight is 314 g/mol. The van der Waals surface area contributed by atoms with Crippen molar-refractivity contribution < 1.29 is 35.9 Å². The van der Waals surface area contributed by atoms with E-state index in [4.69, 9.17) is 0 Å². The molecule has 1 rings (SSSR count). The lowest BCUT2D eigenvalue weighted by atomic mass is 9.95. The second-order valence-corrected chi connectivity index (χ2v) is 4.32. The predicted molar refractivity (Wildman–Crippen MR) is 61.5 cm³/mol. The Kier molecular flexibility index (Phi) is 4.91. The number of carbonyl (C=O) groups is 1. The standard InChI is InChI=1S/C13H12F6O2/c1-3-21-10(20)6-8-4-7(2)5-9(12(14,15)16)11(8)13(17,18)19/h4-5H,3,6H2,1-2H3. The van der Waals surface area contributed by atoms with Gasteiger partial charge < -0.3 is 4.74 Å². The Morgan fingerprint density at radius 2 is 1.67 bits per heavy atom. The fraction of sp³-hybridized carbons (Fsp3) is 0.462. The molecular formula is C13H12F6O2. The van der Waals surface area contributed by atoms with E-state index in [-0.39, 0.29) is 12.2 Å². The van der Waals surface area contributed by atoms with Gasteiger partial charge in [-0.1, -0.05) is 11.6 Å². The molecule has 0 spiro atoms. The molecular weight excluding hydrogens is 302 g/mol. The van der Waals surface area contributed by atoms with Gasteiger partial charge in [0.15, 0.2) is 0 Å². The summed E-state index contributed by atoms with van der Waals surface area (Å²) in [5.41, 5.74) is -4.40. The Morgan fingerprint density at radius 1 is 1.10 bits per heavy atom. The Morgan fingerprint density at radius 3 is 2.10 bits per heavy atom. The maximum atomic E-state index is 13.0. The average Bonchev–Trinajstić information content (AvgIpc) is 2.25. The Labute approximate surface area is 116 Å². The van der Waals surface area contributed by atoms with Gasteiger partial charge in [0.25, 0.3) is 0 Å². The Bertz CT molecular complexity index is 531. The first-order valence-electron chi connectivity index (χ1n) is 5.90. The third-order valence-corrected chi connectivity index (χ3v) is 2.59. The molecule has 0 atom stereocenters. The molecule has 0 bridgehead atoms. The number of hydrogen-bond acceptors (Lipinski definition) is 2. The lowest BCUT2D eigenvalue weighted by Crippen LogP contribution is -2.21. The molecule has 0 heterocycles. The Balaban J connectivity index is 3.48. The fourth-order valence-electron chi connectivity index (χ4n) is 1.93. The quantitative estimate of drug-likeness (QED) is 0.619. The summed E-state index contributed by atoms with van der Waals surface area (Å²) in [6, 6.07) is 1.33. The van der Waals surface area contributed by atoms with E-state index < -0.39 is 41.4 Å². The summed E-state index contributed by atoms with van der Waals surface area (Å²) in [5, 5.41) is 0. The Hall–Kier alpha value is -1.73. The van der Waals surface area contributed by atoms with Crippen molar-refractivity contribution >= 4 is 5.97 Å². The first kappa shape index (κ1) is 17.3. The van der Waals surface area contributed by atoms with Crippen molar-refractivity contribution in [1.82, 2.24) is 0 Å². The van der Waals surface area contributed by atoms with Crippen LogP contribution in [0, 0.1) is 6.92 Å². The van der Waals surface area contributed by atoms with Gasteiger partial charge in [-0.15, -0.1) is 0 Å². The van der Waals surface area contributed by atoms with Gasteiger partial charge in [-0.3, -0.25) is 4.79 Å². The highest BCUT2D eigenvalue weighted by Gasteiger charge is 2.45. The van der Waals surface area contributed by atoms with Gasteiger partial charge in [-0.05, 0) is 25.5 Å². The molecule has 0 aliphatic rings. The lowest BCUT2D eigenvalue weighted by molar-refractivity contribution is -0.162. The minimum absolute atomic E-state index is 0.0189. The largest absolute Gasteiger partial charge is 0.466 e. The van der Waals surface area contributed by atoms with E-state index in [0.717, 1.165) is 6.07 Å². The van der Waals surface area contributed by atoms with Crippen molar-refractivity contribution in [3.63, 3.8) is 0 Å². The third-order valence-electron chi connectivity index (χ3n) is 2.59. The van der Waals surface area contributed by atoms with Gasteiger partial charge in [0, 0.05) is 0 Å². The van der Waals surface area contributed by atoms with Crippen LogP contribution >= 0.6 is 0 Å². The number of halogens is 6. The summed E-state index contributed by atoms with van der Waals surface area (Å²) >= 11 is 0. The van der Waals surface area contributed by atoms with E-state index in [1.807, 2.05) is 0 Å². The molecule has 2 nitrogen and oxygen atoms in total. The van der Waals surface area contributed by atoms with Gasteiger partial charge in [0.1, 0.15) is 0 Å². The van der Waals surface area contributed by atoms with E-state index in [9.17, 15) is 31.1 Å². The van der Waals surface area contributed by atoms with Crippen LogP contribution in [0.15, 0.2) is 12.1 Å². The smallest absolute Gasteiger partial charge is 0.417 e. The molecule has 0 unspecified atom stereocenters. The molecule has 0 saturated heterocycles. The van der Waals surface area contributed by atoms with Crippen LogP contribution in [0.5, 0.6) is 0 Å². The van der Waals surface area contributed by atoms with Crippen LogP contribution in [-0.4, -0.2) is 12.6 Å². The van der Waals surface area contributed by atoms with Crippen LogP contribution in [-0.2, 0) is 28.3 Å². The number of ether oxygens (including phenoxy) is 1. The van der Waals surface area contributed by atoms with Crippen molar-refractivity contribution in [3.8, 4) is 0 Å². The molecule has 0 aromatic heterocycles. The van der Waals surface area contributed by atoms with Crippen molar-refractivity contribution in [3.05, 3.63) is 34.4 Å². The molecule has 0 saturated carbocycles. The maximum absolute atomic E-state index is 13.0. The molecule has 0 aliphatic carbocycles. The zero-order valence-electron chi connectivity index (χ0n) is 11.2. The van der Waals surface area contributed by atoms with Crippen molar-refractivity contribution in [1.29, 1.82) is 0 Å². The van der Waals surface area contributed by atoms with Gasteiger partial charge in [0.05, 0.1) is 24.2 Å². The van der Waals surface area contributed by atoms with Gasteiger partial charge in [0.2, 0.25) is 0 Å². The molecule has 21 heavy (non-hydrogen) atoms. The molecule has 0 fully saturated rings. The number of carbonyl (C=O) groups excluding carboxylic acids is 1. The summed E-state index contributed by atoms with van der Waals surface area (Å²) in [5.74, 6) is -1.01. The first-order valence-corrected chi connectivity index (χ1v) is 5.90. The fourth-order valence-corrected chi connectivity index (χ4v) is 1.93. The zero-order chi connectivity index (χ0) is 16.4. The van der Waals surface area contributed by atoms with Crippen molar-refractivity contribution in [2.24, 2.45) is 0 Å². The third kappa shape index (κ3) is 4.37. The van der Waals surface area contributed by atoms with Gasteiger partial charge in [-0.2, -0.15) is 26.3 Å². The number of aryl methyl sites for hydroxylation is 1. The number of alkyl halides is 6. The zero-order valence-corrected chi connectivity index (χ0v) is 11.2. The van der Waals surface area contributed by atoms with Crippen molar-refractivity contribution in [2.75, 3.05) is 6.61 Å². The maximum Gasteiger partial charge on any atom is 0.417 e. The van der Waals surface area contributed by atoms with Crippen LogP contribution in [0.1, 0.15) is 29.2 Å². The van der Waals surface area contributed by atoms with Gasteiger partial charge >= 0.3 is 18.3 Å². The number of benzene rings is 1. The summed E-state index contributed by atoms with van der Waals surface area (Å²) in [4.78, 5) is 11.3. The van der Waals surface area contributed by atoms with E-state index in [2.05, 4.69) is 4.74 Å². The highest BCUT2D eigenvalue weighted by molar-refractivity contribution is 5.73. The second-order valence-electron chi connectivity index (χ2n) is 4.32. The van der Waals surface area contributed by atoms with E-state index in [1.165, 1.54) is 13.8 Å². The normalized spacial score (nSPS) is 12.4. The van der Waals surface area contributed by atoms with Crippen molar-refractivity contribution in [2.45, 2.75) is 32.6 Å². The molecule has 0 aliphatic heterocycles. The second kappa shape index (κ2) is 5.95. The highest BCUT2D eigenvalue weighted by Crippen LogP contribution is 2.42. The predicted octanol–water partition coefficient (Wildman–Crippen LogP) is 4.14. The topological polar surface area (TPSA) is 26.3 Å².